The van der Waals surface area contributed by atoms with E-state index in [1.807, 2.05) is 29.7 Å². The Kier molecular flexibility index (Phi) is 2.26. The van der Waals surface area contributed by atoms with Crippen molar-refractivity contribution in [2.45, 2.75) is 17.8 Å². The van der Waals surface area contributed by atoms with Crippen molar-refractivity contribution in [2.24, 2.45) is 0 Å². The Balaban J connectivity index is 2.36. The SMILES string of the molecule is N#CS[C@H]1c2ccccc2C[C@@H]1O. The molecule has 0 unspecified atom stereocenters. The number of fused-ring (bicyclic) bond motifs is 1. The van der Waals surface area contributed by atoms with Crippen LogP contribution in [0.4, 0.5) is 0 Å². The molecule has 0 saturated carbocycles. The van der Waals surface area contributed by atoms with Gasteiger partial charge < -0.3 is 5.11 Å². The highest BCUT2D eigenvalue weighted by Gasteiger charge is 2.30. The minimum atomic E-state index is -0.401. The number of nitriles is 1. The van der Waals surface area contributed by atoms with Gasteiger partial charge in [-0.05, 0) is 22.9 Å². The van der Waals surface area contributed by atoms with E-state index >= 15 is 0 Å². The molecule has 2 rings (SSSR count). The van der Waals surface area contributed by atoms with Crippen molar-refractivity contribution in [3.8, 4) is 5.40 Å². The number of aliphatic hydroxyl groups is 1. The van der Waals surface area contributed by atoms with Gasteiger partial charge in [0.15, 0.2) is 0 Å². The average molecular weight is 191 g/mol. The van der Waals surface area contributed by atoms with Gasteiger partial charge in [-0.2, -0.15) is 5.26 Å². The van der Waals surface area contributed by atoms with Gasteiger partial charge >= 0.3 is 0 Å². The Bertz CT molecular complexity index is 358. The number of benzene rings is 1. The summed E-state index contributed by atoms with van der Waals surface area (Å²) in [5.41, 5.74) is 2.28. The number of aliphatic hydroxyl groups excluding tert-OH is 1. The zero-order valence-electron chi connectivity index (χ0n) is 6.97. The standard InChI is InChI=1S/C10H9NOS/c11-6-13-10-8-4-2-1-3-7(8)5-9(10)12/h1-4,9-10,12H,5H2/t9-,10-/m0/s1. The first kappa shape index (κ1) is 8.61. The maximum atomic E-state index is 9.67. The molecule has 2 atom stereocenters. The Morgan fingerprint density at radius 2 is 2.23 bits per heavy atom. The number of thioether (sulfide) groups is 1. The molecule has 0 saturated heterocycles. The average Bonchev–Trinajstić information content (AvgIpc) is 2.44. The summed E-state index contributed by atoms with van der Waals surface area (Å²) in [6.07, 6.45) is 0.275. The third-order valence-corrected chi connectivity index (χ3v) is 3.25. The lowest BCUT2D eigenvalue weighted by Gasteiger charge is -2.09. The van der Waals surface area contributed by atoms with Crippen LogP contribution in [0.25, 0.3) is 0 Å². The Labute approximate surface area is 81.2 Å². The maximum absolute atomic E-state index is 9.67. The monoisotopic (exact) mass is 191 g/mol. The topological polar surface area (TPSA) is 44.0 Å². The number of nitrogens with zero attached hydrogens (tertiary/aromatic N) is 1. The normalized spacial score (nSPS) is 25.2. The summed E-state index contributed by atoms with van der Waals surface area (Å²) in [4.78, 5) is 0. The van der Waals surface area contributed by atoms with Crippen molar-refractivity contribution < 1.29 is 5.11 Å². The third kappa shape index (κ3) is 1.43. The summed E-state index contributed by atoms with van der Waals surface area (Å²) in [5.74, 6) is 0. The molecule has 1 aromatic carbocycles. The first-order valence-electron chi connectivity index (χ1n) is 4.13. The minimum absolute atomic E-state index is 0.0544. The number of hydrogen-bond donors (Lipinski definition) is 1. The molecule has 1 aliphatic rings. The third-order valence-electron chi connectivity index (χ3n) is 2.32. The van der Waals surface area contributed by atoms with E-state index in [4.69, 9.17) is 5.26 Å². The molecule has 0 aliphatic heterocycles. The Morgan fingerprint density at radius 3 is 3.00 bits per heavy atom. The smallest absolute Gasteiger partial charge is 0.134 e. The van der Waals surface area contributed by atoms with E-state index in [1.54, 1.807) is 0 Å². The molecule has 1 aliphatic carbocycles. The van der Waals surface area contributed by atoms with Crippen LogP contribution in [0, 0.1) is 10.7 Å². The van der Waals surface area contributed by atoms with Crippen LogP contribution in [0.2, 0.25) is 0 Å². The van der Waals surface area contributed by atoms with Gasteiger partial charge in [0, 0.05) is 6.42 Å². The second-order valence-electron chi connectivity index (χ2n) is 3.10. The molecular formula is C10H9NOS. The quantitative estimate of drug-likeness (QED) is 0.689. The zero-order valence-corrected chi connectivity index (χ0v) is 7.79. The van der Waals surface area contributed by atoms with Gasteiger partial charge in [-0.1, -0.05) is 24.3 Å². The molecule has 1 aromatic rings. The van der Waals surface area contributed by atoms with Crippen LogP contribution < -0.4 is 0 Å². The van der Waals surface area contributed by atoms with Gasteiger partial charge in [0.25, 0.3) is 0 Å². The lowest BCUT2D eigenvalue weighted by atomic mass is 10.1. The molecular weight excluding hydrogens is 182 g/mol. The predicted octanol–water partition coefficient (Wildman–Crippen LogP) is 1.86. The van der Waals surface area contributed by atoms with Crippen molar-refractivity contribution in [3.63, 3.8) is 0 Å². The van der Waals surface area contributed by atoms with Crippen LogP contribution >= 0.6 is 11.8 Å². The number of rotatable bonds is 1. The van der Waals surface area contributed by atoms with E-state index in [9.17, 15) is 5.11 Å². The van der Waals surface area contributed by atoms with Crippen LogP contribution in [0.1, 0.15) is 16.4 Å². The van der Waals surface area contributed by atoms with Crippen LogP contribution in [-0.2, 0) is 6.42 Å². The zero-order chi connectivity index (χ0) is 9.26. The van der Waals surface area contributed by atoms with E-state index in [2.05, 4.69) is 0 Å². The molecule has 0 radical (unpaired) electrons. The first-order valence-corrected chi connectivity index (χ1v) is 5.01. The van der Waals surface area contributed by atoms with Crippen LogP contribution in [-0.4, -0.2) is 11.2 Å². The van der Waals surface area contributed by atoms with Gasteiger partial charge in [-0.15, -0.1) is 0 Å². The Hall–Kier alpha value is -0.980. The number of thiocyanates is 1. The molecule has 0 bridgehead atoms. The highest BCUT2D eigenvalue weighted by atomic mass is 32.2. The van der Waals surface area contributed by atoms with Gasteiger partial charge in [0.1, 0.15) is 5.40 Å². The van der Waals surface area contributed by atoms with Crippen LogP contribution in [0.3, 0.4) is 0 Å². The van der Waals surface area contributed by atoms with Gasteiger partial charge in [0.2, 0.25) is 0 Å². The summed E-state index contributed by atoms with van der Waals surface area (Å²) in [7, 11) is 0. The molecule has 0 aromatic heterocycles. The number of hydrogen-bond acceptors (Lipinski definition) is 3. The maximum Gasteiger partial charge on any atom is 0.134 e. The molecule has 0 fully saturated rings. The summed E-state index contributed by atoms with van der Waals surface area (Å²) in [6, 6.07) is 7.91. The van der Waals surface area contributed by atoms with Crippen molar-refractivity contribution in [2.75, 3.05) is 0 Å². The Morgan fingerprint density at radius 1 is 1.46 bits per heavy atom. The molecule has 0 amide bonds. The van der Waals surface area contributed by atoms with Gasteiger partial charge in [-0.3, -0.25) is 0 Å². The van der Waals surface area contributed by atoms with Gasteiger partial charge in [-0.25, -0.2) is 0 Å². The molecule has 1 N–H and O–H groups in total. The highest BCUT2D eigenvalue weighted by Crippen LogP contribution is 2.40. The van der Waals surface area contributed by atoms with Crippen LogP contribution in [0.5, 0.6) is 0 Å². The summed E-state index contributed by atoms with van der Waals surface area (Å²) < 4.78 is 0. The van der Waals surface area contributed by atoms with E-state index in [1.165, 1.54) is 5.56 Å². The van der Waals surface area contributed by atoms with Crippen molar-refractivity contribution >= 4 is 11.8 Å². The lowest BCUT2D eigenvalue weighted by molar-refractivity contribution is 0.184. The van der Waals surface area contributed by atoms with Gasteiger partial charge in [0.05, 0.1) is 11.4 Å². The summed E-state index contributed by atoms with van der Waals surface area (Å²) in [6.45, 7) is 0. The van der Waals surface area contributed by atoms with Crippen molar-refractivity contribution in [1.82, 2.24) is 0 Å². The molecule has 66 valence electrons. The fourth-order valence-corrected chi connectivity index (χ4v) is 2.46. The molecule has 13 heavy (non-hydrogen) atoms. The largest absolute Gasteiger partial charge is 0.391 e. The first-order chi connectivity index (χ1) is 6.33. The molecule has 0 heterocycles. The molecule has 2 nitrogen and oxygen atoms in total. The minimum Gasteiger partial charge on any atom is -0.391 e. The molecule has 0 spiro atoms. The van der Waals surface area contributed by atoms with E-state index in [0.29, 0.717) is 6.42 Å². The van der Waals surface area contributed by atoms with E-state index in [-0.39, 0.29) is 5.25 Å². The second kappa shape index (κ2) is 3.41. The summed E-state index contributed by atoms with van der Waals surface area (Å²) in [5, 5.41) is 20.2. The van der Waals surface area contributed by atoms with Crippen LogP contribution in [0.15, 0.2) is 24.3 Å². The van der Waals surface area contributed by atoms with E-state index < -0.39 is 6.10 Å². The summed E-state index contributed by atoms with van der Waals surface area (Å²) >= 11 is 1.15. The fraction of sp³-hybridized carbons (Fsp3) is 0.300. The lowest BCUT2D eigenvalue weighted by Crippen LogP contribution is -2.09. The second-order valence-corrected chi connectivity index (χ2v) is 4.03. The highest BCUT2D eigenvalue weighted by molar-refractivity contribution is 8.04. The van der Waals surface area contributed by atoms with E-state index in [0.717, 1.165) is 17.3 Å². The fourth-order valence-electron chi connectivity index (χ4n) is 1.74. The molecule has 3 heteroatoms. The van der Waals surface area contributed by atoms with Crippen molar-refractivity contribution in [3.05, 3.63) is 35.4 Å². The predicted molar refractivity (Wildman–Crippen MR) is 52.1 cm³/mol. The van der Waals surface area contributed by atoms with Crippen molar-refractivity contribution in [1.29, 1.82) is 5.26 Å².